The molecule has 0 heterocycles. The molecule has 2 unspecified atom stereocenters. The van der Waals surface area contributed by atoms with E-state index >= 15 is 0 Å². The number of aliphatic hydroxyl groups excluding tert-OH is 2. The lowest BCUT2D eigenvalue weighted by atomic mass is 10.2. The van der Waals surface area contributed by atoms with Crippen LogP contribution in [0.2, 0.25) is 0 Å². The van der Waals surface area contributed by atoms with E-state index in [1.807, 2.05) is 0 Å². The molecular formula is C4H7O6S+. The van der Waals surface area contributed by atoms with Gasteiger partial charge < -0.3 is 20.1 Å². The molecule has 0 saturated carbocycles. The highest BCUT2D eigenvalue weighted by atomic mass is 32.1. The maximum absolute atomic E-state index is 9.95. The summed E-state index contributed by atoms with van der Waals surface area (Å²) in [4.78, 5) is 18.4. The van der Waals surface area contributed by atoms with Gasteiger partial charge in [-0.05, 0) is 0 Å². The van der Waals surface area contributed by atoms with Crippen LogP contribution in [0.15, 0.2) is 0 Å². The van der Waals surface area contributed by atoms with Crippen LogP contribution in [0.25, 0.3) is 0 Å². The Labute approximate surface area is 67.0 Å². The Balaban J connectivity index is 4.12. The molecule has 6 nitrogen and oxygen atoms in total. The third-order valence-corrected chi connectivity index (χ3v) is 1.09. The predicted octanol–water partition coefficient (Wildman–Crippen LogP) is -1.84. The van der Waals surface area contributed by atoms with Crippen molar-refractivity contribution in [2.24, 2.45) is 0 Å². The van der Waals surface area contributed by atoms with E-state index in [4.69, 9.17) is 20.1 Å². The topological polar surface area (TPSA) is 108 Å². The molecule has 0 bridgehead atoms. The minimum atomic E-state index is -2.12. The van der Waals surface area contributed by atoms with Gasteiger partial charge in [-0.15, -0.1) is 0 Å². The molecule has 0 aliphatic carbocycles. The summed E-state index contributed by atoms with van der Waals surface area (Å²) in [6.07, 6.45) is -4.12. The Bertz CT molecular complexity index is 168. The first-order valence-electron chi connectivity index (χ1n) is 2.47. The zero-order chi connectivity index (χ0) is 9.02. The van der Waals surface area contributed by atoms with Gasteiger partial charge in [-0.25, -0.2) is 8.98 Å². The Morgan fingerprint density at radius 1 is 1.45 bits per heavy atom. The number of thiol groups is 1. The second-order valence-electron chi connectivity index (χ2n) is 1.66. The number of aliphatic hydroxyl groups is 2. The monoisotopic (exact) mass is 183 g/mol. The summed E-state index contributed by atoms with van der Waals surface area (Å²) < 4.78 is 3.78. The molecule has 7 heteroatoms. The number of aliphatic carboxylic acids is 1. The Hall–Kier alpha value is -0.790. The fourth-order valence-electron chi connectivity index (χ4n) is 0.324. The molecule has 0 aromatic heterocycles. The van der Waals surface area contributed by atoms with Gasteiger partial charge in [0.1, 0.15) is 0 Å². The lowest BCUT2D eigenvalue weighted by Crippen LogP contribution is -2.39. The highest BCUT2D eigenvalue weighted by Gasteiger charge is 2.36. The highest BCUT2D eigenvalue weighted by molar-refractivity contribution is 7.75. The lowest BCUT2D eigenvalue weighted by Gasteiger charge is -2.04. The van der Waals surface area contributed by atoms with E-state index in [-0.39, 0.29) is 0 Å². The molecule has 11 heavy (non-hydrogen) atoms. The first-order valence-corrected chi connectivity index (χ1v) is 2.83. The Morgan fingerprint density at radius 2 is 1.91 bits per heavy atom. The average molecular weight is 183 g/mol. The quantitative estimate of drug-likeness (QED) is 0.233. The van der Waals surface area contributed by atoms with Gasteiger partial charge in [-0.1, -0.05) is 0 Å². The van der Waals surface area contributed by atoms with Crippen LogP contribution >= 0.6 is 12.9 Å². The molecule has 0 radical (unpaired) electrons. The summed E-state index contributed by atoms with van der Waals surface area (Å²) in [6.45, 7) is 0. The van der Waals surface area contributed by atoms with Gasteiger partial charge in [0.05, 0.1) is 0 Å². The Kier molecular flexibility index (Phi) is 3.86. The first-order chi connectivity index (χ1) is 5.00. The minimum absolute atomic E-state index is 1.07. The summed E-state index contributed by atoms with van der Waals surface area (Å²) in [5.41, 5.74) is 0. The molecule has 0 aromatic carbocycles. The molecule has 0 spiro atoms. The standard InChI is InChI=1S/C4H6O6S/c5-1(3(7)8)2(6)4(9)10-11/h1-2,5-6,11H,(H,7,8)/p+1. The van der Waals surface area contributed by atoms with E-state index in [9.17, 15) is 4.79 Å². The lowest BCUT2D eigenvalue weighted by molar-refractivity contribution is -0.150. The molecule has 0 aliphatic heterocycles. The molecule has 0 rings (SSSR count). The molecule has 64 valence electrons. The average Bonchev–Trinajstić information content (AvgIpc) is 2.00. The van der Waals surface area contributed by atoms with Gasteiger partial charge in [0, 0.05) is 0 Å². The van der Waals surface area contributed by atoms with Crippen LogP contribution < -0.4 is 0 Å². The molecule has 0 aliphatic rings. The van der Waals surface area contributed by atoms with Crippen molar-refractivity contribution < 1.29 is 29.1 Å². The fourth-order valence-corrected chi connectivity index (χ4v) is 0.432. The number of hydrogen-bond acceptors (Lipinski definition) is 5. The van der Waals surface area contributed by atoms with Crippen molar-refractivity contribution in [2.45, 2.75) is 12.2 Å². The zero-order valence-corrected chi connectivity index (χ0v) is 6.10. The molecule has 0 aromatic rings. The maximum atomic E-state index is 9.95. The third kappa shape index (κ3) is 2.74. The van der Waals surface area contributed by atoms with Gasteiger partial charge >= 0.3 is 11.9 Å². The molecular weight excluding hydrogens is 176 g/mol. The Morgan fingerprint density at radius 3 is 2.18 bits per heavy atom. The van der Waals surface area contributed by atoms with Crippen molar-refractivity contribution in [3.63, 3.8) is 0 Å². The molecule has 0 amide bonds. The van der Waals surface area contributed by atoms with E-state index in [1.54, 1.807) is 0 Å². The minimum Gasteiger partial charge on any atom is -0.479 e. The van der Waals surface area contributed by atoms with Crippen LogP contribution in [-0.4, -0.2) is 44.3 Å². The summed E-state index contributed by atoms with van der Waals surface area (Å²) >= 11 is 3.07. The normalized spacial score (nSPS) is 15.2. The van der Waals surface area contributed by atoms with Crippen molar-refractivity contribution >= 4 is 24.8 Å². The van der Waals surface area contributed by atoms with Gasteiger partial charge in [0.25, 0.3) is 0 Å². The van der Waals surface area contributed by atoms with Crippen LogP contribution in [0.3, 0.4) is 0 Å². The summed E-state index contributed by atoms with van der Waals surface area (Å²) in [5.74, 6) is -2.74. The van der Waals surface area contributed by atoms with Crippen LogP contribution in [0.5, 0.6) is 0 Å². The summed E-state index contributed by atoms with van der Waals surface area (Å²) in [5, 5.41) is 25.3. The highest BCUT2D eigenvalue weighted by Crippen LogP contribution is 1.97. The van der Waals surface area contributed by atoms with E-state index in [0.717, 1.165) is 0 Å². The van der Waals surface area contributed by atoms with Crippen LogP contribution in [0, 0.1) is 0 Å². The molecule has 0 fully saturated rings. The fraction of sp³-hybridized carbons (Fsp3) is 0.500. The number of hydrogen-bond donors (Lipinski definition) is 4. The van der Waals surface area contributed by atoms with Crippen LogP contribution in [0.4, 0.5) is 0 Å². The first kappa shape index (κ1) is 10.2. The van der Waals surface area contributed by atoms with E-state index < -0.39 is 24.1 Å². The number of carboxylic acids is 1. The molecule has 2 atom stereocenters. The van der Waals surface area contributed by atoms with Crippen molar-refractivity contribution in [2.75, 3.05) is 0 Å². The van der Waals surface area contributed by atoms with Crippen LogP contribution in [-0.2, 0) is 8.98 Å². The van der Waals surface area contributed by atoms with Gasteiger partial charge in [0.2, 0.25) is 6.10 Å². The van der Waals surface area contributed by atoms with Gasteiger partial charge in [-0.2, -0.15) is 0 Å². The summed E-state index contributed by atoms with van der Waals surface area (Å²) in [7, 11) is 0. The van der Waals surface area contributed by atoms with Crippen molar-refractivity contribution in [3.8, 4) is 0 Å². The van der Waals surface area contributed by atoms with Crippen molar-refractivity contribution in [1.29, 1.82) is 0 Å². The number of carbonyl (C=O) groups is 1. The predicted molar refractivity (Wildman–Crippen MR) is 36.7 cm³/mol. The maximum Gasteiger partial charge on any atom is 0.530 e. The molecule has 0 saturated heterocycles. The third-order valence-electron chi connectivity index (χ3n) is 0.899. The second kappa shape index (κ2) is 4.16. The van der Waals surface area contributed by atoms with Crippen molar-refractivity contribution in [1.82, 2.24) is 0 Å². The second-order valence-corrected chi connectivity index (χ2v) is 1.84. The van der Waals surface area contributed by atoms with Crippen LogP contribution in [0.1, 0.15) is 0 Å². The SMILES string of the molecule is O=C(O)C(O)C(O)C(=[OH+])OS. The van der Waals surface area contributed by atoms with E-state index in [1.165, 1.54) is 0 Å². The number of carbonyl (C=O) groups excluding carboxylic acids is 1. The largest absolute Gasteiger partial charge is 0.530 e. The number of carboxylic acid groups (broad SMARTS) is 1. The zero-order valence-electron chi connectivity index (χ0n) is 5.21. The summed E-state index contributed by atoms with van der Waals surface area (Å²) in [6, 6.07) is 0. The molecule has 4 N–H and O–H groups in total. The van der Waals surface area contributed by atoms with Gasteiger partial charge in [0.15, 0.2) is 19.0 Å². The smallest absolute Gasteiger partial charge is 0.479 e. The van der Waals surface area contributed by atoms with Crippen molar-refractivity contribution in [3.05, 3.63) is 0 Å². The van der Waals surface area contributed by atoms with E-state index in [2.05, 4.69) is 17.1 Å². The van der Waals surface area contributed by atoms with E-state index in [0.29, 0.717) is 0 Å². The number of rotatable bonds is 3. The van der Waals surface area contributed by atoms with Gasteiger partial charge in [-0.3, -0.25) is 0 Å².